The Morgan fingerprint density at radius 1 is 1.29 bits per heavy atom. The Hall–Kier alpha value is -1.35. The summed E-state index contributed by atoms with van der Waals surface area (Å²) in [5.74, 6) is 1.25. The fraction of sp³-hybridized carbons (Fsp3) is 0.500. The van der Waals surface area contributed by atoms with Crippen LogP contribution in [0, 0.1) is 5.92 Å². The first-order valence-corrected chi connectivity index (χ1v) is 6.24. The fourth-order valence-corrected chi connectivity index (χ4v) is 2.21. The van der Waals surface area contributed by atoms with E-state index in [9.17, 15) is 0 Å². The van der Waals surface area contributed by atoms with Gasteiger partial charge < -0.3 is 10.5 Å². The van der Waals surface area contributed by atoms with E-state index >= 15 is 0 Å². The third kappa shape index (κ3) is 3.30. The Bertz CT molecular complexity index is 369. The largest absolute Gasteiger partial charge is 0.383 e. The molecule has 0 radical (unpaired) electrons. The molecule has 1 aromatic rings. The Morgan fingerprint density at radius 3 is 2.59 bits per heavy atom. The minimum atomic E-state index is 0.277. The average Bonchev–Trinajstić information content (AvgIpc) is 2.40. The third-order valence-electron chi connectivity index (χ3n) is 3.36. The van der Waals surface area contributed by atoms with Gasteiger partial charge in [-0.2, -0.15) is 0 Å². The van der Waals surface area contributed by atoms with Crippen LogP contribution in [0.1, 0.15) is 25.3 Å². The van der Waals surface area contributed by atoms with E-state index in [0.29, 0.717) is 11.8 Å². The van der Waals surface area contributed by atoms with Crippen LogP contribution in [0.25, 0.3) is 0 Å². The van der Waals surface area contributed by atoms with Crippen LogP contribution in [0.5, 0.6) is 0 Å². The molecule has 1 fully saturated rings. The van der Waals surface area contributed by atoms with E-state index < -0.39 is 0 Å². The van der Waals surface area contributed by atoms with Crippen LogP contribution < -0.4 is 5.73 Å². The molecule has 1 heterocycles. The second-order valence-electron chi connectivity index (χ2n) is 4.57. The van der Waals surface area contributed by atoms with Gasteiger partial charge in [-0.3, -0.25) is 4.99 Å². The maximum Gasteiger partial charge on any atom is 0.125 e. The minimum absolute atomic E-state index is 0.277. The SMILES string of the molecule is CC(N=C(N)c1ccccc1)C1CCOCC1. The maximum atomic E-state index is 6.02. The van der Waals surface area contributed by atoms with Crippen LogP contribution in [0.4, 0.5) is 0 Å². The first-order valence-electron chi connectivity index (χ1n) is 6.24. The average molecular weight is 232 g/mol. The number of hydrogen-bond acceptors (Lipinski definition) is 2. The highest BCUT2D eigenvalue weighted by atomic mass is 16.5. The molecule has 3 heteroatoms. The van der Waals surface area contributed by atoms with Crippen molar-refractivity contribution in [3.05, 3.63) is 35.9 Å². The summed E-state index contributed by atoms with van der Waals surface area (Å²) >= 11 is 0. The zero-order valence-corrected chi connectivity index (χ0v) is 10.3. The minimum Gasteiger partial charge on any atom is -0.383 e. The molecule has 0 amide bonds. The topological polar surface area (TPSA) is 47.6 Å². The highest BCUT2D eigenvalue weighted by Gasteiger charge is 2.20. The molecule has 0 aromatic heterocycles. The van der Waals surface area contributed by atoms with Gasteiger partial charge in [-0.1, -0.05) is 30.3 Å². The summed E-state index contributed by atoms with van der Waals surface area (Å²) in [7, 11) is 0. The Kier molecular flexibility index (Phi) is 4.15. The number of nitrogens with zero attached hydrogens (tertiary/aromatic N) is 1. The van der Waals surface area contributed by atoms with Crippen molar-refractivity contribution in [2.24, 2.45) is 16.6 Å². The van der Waals surface area contributed by atoms with E-state index in [1.165, 1.54) is 0 Å². The van der Waals surface area contributed by atoms with Crippen LogP contribution in [0.3, 0.4) is 0 Å². The van der Waals surface area contributed by atoms with E-state index in [4.69, 9.17) is 10.5 Å². The summed E-state index contributed by atoms with van der Waals surface area (Å²) in [5.41, 5.74) is 7.03. The van der Waals surface area contributed by atoms with Crippen LogP contribution >= 0.6 is 0 Å². The van der Waals surface area contributed by atoms with E-state index in [0.717, 1.165) is 31.6 Å². The Labute approximate surface area is 103 Å². The quantitative estimate of drug-likeness (QED) is 0.641. The molecule has 2 N–H and O–H groups in total. The van der Waals surface area contributed by atoms with Crippen molar-refractivity contribution in [2.45, 2.75) is 25.8 Å². The van der Waals surface area contributed by atoms with Gasteiger partial charge in [0.1, 0.15) is 5.84 Å². The van der Waals surface area contributed by atoms with Crippen molar-refractivity contribution in [1.82, 2.24) is 0 Å². The van der Waals surface area contributed by atoms with Crippen molar-refractivity contribution in [1.29, 1.82) is 0 Å². The number of aliphatic imine (C=N–C) groups is 1. The summed E-state index contributed by atoms with van der Waals surface area (Å²) in [5, 5.41) is 0. The summed E-state index contributed by atoms with van der Waals surface area (Å²) in [6.45, 7) is 3.86. The summed E-state index contributed by atoms with van der Waals surface area (Å²) in [6, 6.07) is 10.2. The van der Waals surface area contributed by atoms with Crippen molar-refractivity contribution < 1.29 is 4.74 Å². The number of amidine groups is 1. The molecule has 1 saturated heterocycles. The second kappa shape index (κ2) is 5.82. The van der Waals surface area contributed by atoms with Crippen LogP contribution in [0.2, 0.25) is 0 Å². The number of nitrogens with two attached hydrogens (primary N) is 1. The van der Waals surface area contributed by atoms with Crippen molar-refractivity contribution >= 4 is 5.84 Å². The zero-order valence-electron chi connectivity index (χ0n) is 10.3. The molecule has 1 aliphatic rings. The first-order chi connectivity index (χ1) is 8.27. The lowest BCUT2D eigenvalue weighted by Crippen LogP contribution is -2.26. The zero-order chi connectivity index (χ0) is 12.1. The number of rotatable bonds is 3. The summed E-state index contributed by atoms with van der Waals surface area (Å²) < 4.78 is 5.36. The van der Waals surface area contributed by atoms with Gasteiger partial charge in [-0.05, 0) is 25.7 Å². The van der Waals surface area contributed by atoms with Gasteiger partial charge in [0.05, 0.1) is 6.04 Å². The van der Waals surface area contributed by atoms with Gasteiger partial charge in [-0.15, -0.1) is 0 Å². The van der Waals surface area contributed by atoms with Crippen LogP contribution in [-0.4, -0.2) is 25.1 Å². The predicted octanol–water partition coefficient (Wildman–Crippen LogP) is 2.21. The standard InChI is InChI=1S/C14H20N2O/c1-11(12-7-9-17-10-8-12)16-14(15)13-5-3-2-4-6-13/h2-6,11-12H,7-10H2,1H3,(H2,15,16). The number of benzene rings is 1. The molecule has 1 unspecified atom stereocenters. The van der Waals surface area contributed by atoms with Gasteiger partial charge in [0, 0.05) is 18.8 Å². The highest BCUT2D eigenvalue weighted by molar-refractivity contribution is 5.97. The molecule has 1 atom stereocenters. The number of hydrogen-bond donors (Lipinski definition) is 1. The van der Waals surface area contributed by atoms with E-state index in [1.807, 2.05) is 30.3 Å². The van der Waals surface area contributed by atoms with Gasteiger partial charge in [0.15, 0.2) is 0 Å². The molecule has 1 aliphatic heterocycles. The molecule has 0 aliphatic carbocycles. The second-order valence-corrected chi connectivity index (χ2v) is 4.57. The fourth-order valence-electron chi connectivity index (χ4n) is 2.21. The molecule has 0 saturated carbocycles. The lowest BCUT2D eigenvalue weighted by molar-refractivity contribution is 0.0605. The molecule has 1 aromatic carbocycles. The predicted molar refractivity (Wildman–Crippen MR) is 70.2 cm³/mol. The molecular weight excluding hydrogens is 212 g/mol. The first kappa shape index (κ1) is 12.1. The molecule has 92 valence electrons. The lowest BCUT2D eigenvalue weighted by Gasteiger charge is -2.25. The van der Waals surface area contributed by atoms with E-state index in [-0.39, 0.29) is 6.04 Å². The van der Waals surface area contributed by atoms with Crippen molar-refractivity contribution in [3.8, 4) is 0 Å². The summed E-state index contributed by atoms with van der Waals surface area (Å²) in [4.78, 5) is 4.61. The smallest absolute Gasteiger partial charge is 0.125 e. The third-order valence-corrected chi connectivity index (χ3v) is 3.36. The molecule has 0 bridgehead atoms. The van der Waals surface area contributed by atoms with Crippen molar-refractivity contribution in [3.63, 3.8) is 0 Å². The van der Waals surface area contributed by atoms with E-state index in [2.05, 4.69) is 11.9 Å². The Balaban J connectivity index is 2.02. The Morgan fingerprint density at radius 2 is 1.94 bits per heavy atom. The van der Waals surface area contributed by atoms with Gasteiger partial charge in [-0.25, -0.2) is 0 Å². The highest BCUT2D eigenvalue weighted by Crippen LogP contribution is 2.21. The lowest BCUT2D eigenvalue weighted by atomic mass is 9.93. The van der Waals surface area contributed by atoms with Crippen LogP contribution in [-0.2, 0) is 4.74 Å². The molecule has 3 nitrogen and oxygen atoms in total. The molecule has 0 spiro atoms. The number of ether oxygens (including phenoxy) is 1. The monoisotopic (exact) mass is 232 g/mol. The van der Waals surface area contributed by atoms with Crippen LogP contribution in [0.15, 0.2) is 35.3 Å². The molecular formula is C14H20N2O. The maximum absolute atomic E-state index is 6.02. The molecule has 17 heavy (non-hydrogen) atoms. The normalized spacial score (nSPS) is 20.2. The van der Waals surface area contributed by atoms with Gasteiger partial charge >= 0.3 is 0 Å². The van der Waals surface area contributed by atoms with Gasteiger partial charge in [0.2, 0.25) is 0 Å². The van der Waals surface area contributed by atoms with Gasteiger partial charge in [0.25, 0.3) is 0 Å². The van der Waals surface area contributed by atoms with E-state index in [1.54, 1.807) is 0 Å². The summed E-state index contributed by atoms with van der Waals surface area (Å²) in [6.07, 6.45) is 2.18. The van der Waals surface area contributed by atoms with Crippen molar-refractivity contribution in [2.75, 3.05) is 13.2 Å². The molecule has 2 rings (SSSR count).